The lowest BCUT2D eigenvalue weighted by molar-refractivity contribution is -0.138. The highest BCUT2D eigenvalue weighted by Crippen LogP contribution is 2.39. The largest absolute Gasteiger partial charge is 0.436 e. The molecule has 2 rings (SSSR count). The van der Waals surface area contributed by atoms with Gasteiger partial charge in [0.15, 0.2) is 5.75 Å². The second kappa shape index (κ2) is 5.32. The number of aryl methyl sites for hydroxylation is 1. The fourth-order valence-electron chi connectivity index (χ4n) is 1.58. The van der Waals surface area contributed by atoms with Gasteiger partial charge in [0.1, 0.15) is 5.56 Å². The minimum absolute atomic E-state index is 0.135. The number of nitrogens with zero attached hydrogens (tertiary/aromatic N) is 1. The van der Waals surface area contributed by atoms with Crippen LogP contribution in [0.1, 0.15) is 11.1 Å². The number of hydrogen-bond donors (Lipinski definition) is 1. The smallest absolute Gasteiger partial charge is 0.421 e. The number of nitrogen functional groups attached to an aromatic ring is 1. The summed E-state index contributed by atoms with van der Waals surface area (Å²) in [5.74, 6) is -0.396. The molecule has 0 aliphatic rings. The van der Waals surface area contributed by atoms with E-state index < -0.39 is 17.6 Å². The van der Waals surface area contributed by atoms with E-state index in [1.165, 1.54) is 12.3 Å². The van der Waals surface area contributed by atoms with Gasteiger partial charge in [0.05, 0.1) is 5.69 Å². The molecule has 0 unspecified atom stereocenters. The number of pyridine rings is 1. The van der Waals surface area contributed by atoms with Crippen molar-refractivity contribution < 1.29 is 17.9 Å². The van der Waals surface area contributed by atoms with Crippen molar-refractivity contribution in [3.8, 4) is 11.6 Å². The predicted octanol–water partition coefficient (Wildman–Crippen LogP) is 4.55. The minimum Gasteiger partial charge on any atom is -0.436 e. The number of nitrogens with two attached hydrogens (primary N) is 1. The molecule has 106 valence electrons. The van der Waals surface area contributed by atoms with Gasteiger partial charge in [0, 0.05) is 10.7 Å². The summed E-state index contributed by atoms with van der Waals surface area (Å²) in [5.41, 5.74) is 5.89. The Kier molecular flexibility index (Phi) is 3.89. The highest BCUT2D eigenvalue weighted by atomic mass is 79.9. The minimum atomic E-state index is -4.56. The van der Waals surface area contributed by atoms with E-state index in [0.29, 0.717) is 0 Å². The van der Waals surface area contributed by atoms with Crippen molar-refractivity contribution in [2.75, 3.05) is 5.73 Å². The number of alkyl halides is 3. The van der Waals surface area contributed by atoms with Gasteiger partial charge in [-0.3, -0.25) is 0 Å². The summed E-state index contributed by atoms with van der Waals surface area (Å²) in [6.45, 7) is 1.82. The second-order valence-electron chi connectivity index (χ2n) is 4.15. The molecule has 0 spiro atoms. The van der Waals surface area contributed by atoms with Gasteiger partial charge in [-0.05, 0) is 46.6 Å². The van der Waals surface area contributed by atoms with Crippen LogP contribution >= 0.6 is 15.9 Å². The zero-order chi connectivity index (χ0) is 14.9. The van der Waals surface area contributed by atoms with Crippen LogP contribution in [0.15, 0.2) is 34.9 Å². The van der Waals surface area contributed by atoms with Gasteiger partial charge in [-0.2, -0.15) is 13.2 Å². The van der Waals surface area contributed by atoms with Crippen LogP contribution in [0.3, 0.4) is 0 Å². The van der Waals surface area contributed by atoms with Crippen molar-refractivity contribution >= 4 is 21.6 Å². The molecule has 0 radical (unpaired) electrons. The van der Waals surface area contributed by atoms with Crippen molar-refractivity contribution in [2.45, 2.75) is 13.1 Å². The molecule has 0 saturated heterocycles. The summed E-state index contributed by atoms with van der Waals surface area (Å²) in [4.78, 5) is 3.66. The van der Waals surface area contributed by atoms with Crippen LogP contribution in [0.2, 0.25) is 0 Å². The molecule has 0 saturated carbocycles. The van der Waals surface area contributed by atoms with Crippen LogP contribution in [0.4, 0.5) is 18.9 Å². The van der Waals surface area contributed by atoms with E-state index in [2.05, 4.69) is 20.9 Å². The third-order valence-corrected chi connectivity index (χ3v) is 2.93. The Morgan fingerprint density at radius 1 is 1.25 bits per heavy atom. The molecule has 20 heavy (non-hydrogen) atoms. The fraction of sp³-hybridized carbons (Fsp3) is 0.154. The maximum absolute atomic E-state index is 12.9. The van der Waals surface area contributed by atoms with Crippen LogP contribution in [0.5, 0.6) is 11.6 Å². The molecule has 2 N–H and O–H groups in total. The van der Waals surface area contributed by atoms with E-state index in [9.17, 15) is 13.2 Å². The Morgan fingerprint density at radius 2 is 1.95 bits per heavy atom. The molecule has 0 fully saturated rings. The highest BCUT2D eigenvalue weighted by molar-refractivity contribution is 9.10. The van der Waals surface area contributed by atoms with Crippen LogP contribution in [0, 0.1) is 6.92 Å². The molecule has 1 aromatic heterocycles. The number of anilines is 1. The van der Waals surface area contributed by atoms with Crippen molar-refractivity contribution in [1.29, 1.82) is 0 Å². The molecular formula is C13H10BrF3N2O. The lowest BCUT2D eigenvalue weighted by atomic mass is 10.2. The zero-order valence-electron chi connectivity index (χ0n) is 10.3. The van der Waals surface area contributed by atoms with Crippen molar-refractivity contribution in [2.24, 2.45) is 0 Å². The monoisotopic (exact) mass is 346 g/mol. The topological polar surface area (TPSA) is 48.1 Å². The van der Waals surface area contributed by atoms with E-state index in [1.807, 2.05) is 6.92 Å². The molecule has 1 aromatic carbocycles. The standard InChI is InChI=1S/C13H10BrF3N2O/c1-7-2-3-11(10(18)4-7)20-12-9(13(15,16)17)5-8(14)6-19-12/h2-6H,18H2,1H3. The molecule has 1 heterocycles. The number of aromatic nitrogens is 1. The molecule has 0 amide bonds. The van der Waals surface area contributed by atoms with Crippen molar-refractivity contribution in [3.05, 3.63) is 46.1 Å². The molecule has 0 bridgehead atoms. The third-order valence-electron chi connectivity index (χ3n) is 2.50. The van der Waals surface area contributed by atoms with Crippen LogP contribution in [0.25, 0.3) is 0 Å². The van der Waals surface area contributed by atoms with E-state index in [-0.39, 0.29) is 15.9 Å². The summed E-state index contributed by atoms with van der Waals surface area (Å²) in [6.07, 6.45) is -3.33. The first-order valence-electron chi connectivity index (χ1n) is 5.54. The van der Waals surface area contributed by atoms with Crippen LogP contribution in [-0.4, -0.2) is 4.98 Å². The first kappa shape index (κ1) is 14.6. The van der Waals surface area contributed by atoms with Gasteiger partial charge in [-0.1, -0.05) is 6.07 Å². The van der Waals surface area contributed by atoms with Gasteiger partial charge >= 0.3 is 6.18 Å². The summed E-state index contributed by atoms with van der Waals surface area (Å²) in [5, 5.41) is 0. The molecule has 7 heteroatoms. The number of benzene rings is 1. The molecule has 0 atom stereocenters. The number of hydrogen-bond acceptors (Lipinski definition) is 3. The van der Waals surface area contributed by atoms with Crippen LogP contribution in [-0.2, 0) is 6.18 Å². The zero-order valence-corrected chi connectivity index (χ0v) is 11.9. The Labute approximate surface area is 121 Å². The summed E-state index contributed by atoms with van der Waals surface area (Å²) < 4.78 is 44.2. The Hall–Kier alpha value is -1.76. The summed E-state index contributed by atoms with van der Waals surface area (Å²) >= 11 is 2.96. The number of halogens is 4. The first-order valence-corrected chi connectivity index (χ1v) is 6.33. The van der Waals surface area contributed by atoms with Gasteiger partial charge in [-0.15, -0.1) is 0 Å². The quantitative estimate of drug-likeness (QED) is 0.811. The van der Waals surface area contributed by atoms with Crippen molar-refractivity contribution in [1.82, 2.24) is 4.98 Å². The second-order valence-corrected chi connectivity index (χ2v) is 5.06. The first-order chi connectivity index (χ1) is 9.27. The average Bonchev–Trinajstić information content (AvgIpc) is 2.33. The maximum Gasteiger partial charge on any atom is 0.421 e. The Bertz CT molecular complexity index is 644. The Morgan fingerprint density at radius 3 is 2.55 bits per heavy atom. The Balaban J connectivity index is 2.43. The summed E-state index contributed by atoms with van der Waals surface area (Å²) in [6, 6.07) is 5.72. The van der Waals surface area contributed by atoms with Crippen molar-refractivity contribution in [3.63, 3.8) is 0 Å². The molecule has 0 aliphatic heterocycles. The van der Waals surface area contributed by atoms with E-state index in [4.69, 9.17) is 10.5 Å². The normalized spacial score (nSPS) is 11.4. The molecular weight excluding hydrogens is 337 g/mol. The van der Waals surface area contributed by atoms with E-state index in [0.717, 1.165) is 11.6 Å². The lowest BCUT2D eigenvalue weighted by Crippen LogP contribution is -2.09. The van der Waals surface area contributed by atoms with E-state index >= 15 is 0 Å². The average molecular weight is 347 g/mol. The van der Waals surface area contributed by atoms with E-state index in [1.54, 1.807) is 12.1 Å². The molecule has 3 nitrogen and oxygen atoms in total. The molecule has 2 aromatic rings. The highest BCUT2D eigenvalue weighted by Gasteiger charge is 2.36. The summed E-state index contributed by atoms with van der Waals surface area (Å²) in [7, 11) is 0. The number of ether oxygens (including phenoxy) is 1. The van der Waals surface area contributed by atoms with Gasteiger partial charge in [0.25, 0.3) is 0 Å². The maximum atomic E-state index is 12.9. The fourth-order valence-corrected chi connectivity index (χ4v) is 1.91. The lowest BCUT2D eigenvalue weighted by Gasteiger charge is -2.14. The predicted molar refractivity (Wildman–Crippen MR) is 72.6 cm³/mol. The van der Waals surface area contributed by atoms with Gasteiger partial charge < -0.3 is 10.5 Å². The van der Waals surface area contributed by atoms with Gasteiger partial charge in [0.2, 0.25) is 5.88 Å². The van der Waals surface area contributed by atoms with Crippen LogP contribution < -0.4 is 10.5 Å². The third kappa shape index (κ3) is 3.22. The van der Waals surface area contributed by atoms with Gasteiger partial charge in [-0.25, -0.2) is 4.98 Å². The number of rotatable bonds is 2. The molecule has 0 aliphatic carbocycles. The SMILES string of the molecule is Cc1ccc(Oc2ncc(Br)cc2C(F)(F)F)c(N)c1.